The van der Waals surface area contributed by atoms with E-state index in [0.717, 1.165) is 17.4 Å². The van der Waals surface area contributed by atoms with Gasteiger partial charge in [-0.3, -0.25) is 4.79 Å². The lowest BCUT2D eigenvalue weighted by atomic mass is 10.1. The normalized spacial score (nSPS) is 17.8. The Hall–Kier alpha value is -0.620. The largest absolute Gasteiger partial charge is 0.481 e. The summed E-state index contributed by atoms with van der Waals surface area (Å²) in [7, 11) is 0. The first-order valence-electron chi connectivity index (χ1n) is 6.48. The third-order valence-electron chi connectivity index (χ3n) is 3.59. The molecule has 1 heterocycles. The third-order valence-corrected chi connectivity index (χ3v) is 5.97. The molecule has 1 saturated carbocycles. The van der Waals surface area contributed by atoms with Gasteiger partial charge in [-0.15, -0.1) is 0 Å². The summed E-state index contributed by atoms with van der Waals surface area (Å²) in [6, 6.07) is 0. The van der Waals surface area contributed by atoms with Gasteiger partial charge in [0.15, 0.2) is 5.16 Å². The van der Waals surface area contributed by atoms with Crippen molar-refractivity contribution in [3.8, 4) is 0 Å². The topological polar surface area (TPSA) is 55.1 Å². The number of carboxylic acids is 1. The molecule has 1 N–H and O–H groups in total. The van der Waals surface area contributed by atoms with Crippen LogP contribution < -0.4 is 0 Å². The Morgan fingerprint density at radius 1 is 1.53 bits per heavy atom. The Morgan fingerprint density at radius 2 is 2.21 bits per heavy atom. The van der Waals surface area contributed by atoms with Gasteiger partial charge in [0.25, 0.3) is 0 Å². The molecule has 1 aliphatic rings. The summed E-state index contributed by atoms with van der Waals surface area (Å²) < 4.78 is 2.45. The van der Waals surface area contributed by atoms with Gasteiger partial charge in [-0.1, -0.05) is 24.6 Å². The lowest BCUT2D eigenvalue weighted by Crippen LogP contribution is -2.27. The molecule has 0 atom stereocenters. The maximum absolute atomic E-state index is 10.7. The minimum atomic E-state index is -0.794. The molecule has 6 heteroatoms. The van der Waals surface area contributed by atoms with Crippen LogP contribution in [0.1, 0.15) is 31.4 Å². The van der Waals surface area contributed by atoms with Gasteiger partial charge in [0.1, 0.15) is 0 Å². The molecule has 0 spiro atoms. The number of carbonyl (C=O) groups is 1. The van der Waals surface area contributed by atoms with Crippen LogP contribution in [0.4, 0.5) is 0 Å². The van der Waals surface area contributed by atoms with E-state index in [1.54, 1.807) is 0 Å². The van der Waals surface area contributed by atoms with Crippen LogP contribution in [0.5, 0.6) is 0 Å². The summed E-state index contributed by atoms with van der Waals surface area (Å²) >= 11 is 3.25. The molecule has 0 aliphatic heterocycles. The third kappa shape index (κ3) is 3.69. The summed E-state index contributed by atoms with van der Waals surface area (Å²) in [4.78, 5) is 15.1. The fraction of sp³-hybridized carbons (Fsp3) is 0.692. The lowest BCUT2D eigenvalue weighted by Gasteiger charge is -2.27. The molecule has 0 bridgehead atoms. The Morgan fingerprint density at radius 3 is 2.79 bits per heavy atom. The predicted octanol–water partition coefficient (Wildman–Crippen LogP) is 3.04. The average Bonchev–Trinajstić information content (AvgIpc) is 2.95. The second kappa shape index (κ2) is 6.22. The number of aromatic nitrogens is 2. The molecule has 0 amide bonds. The number of rotatable bonds is 6. The Kier molecular flexibility index (Phi) is 4.84. The number of hydrogen-bond acceptors (Lipinski definition) is 4. The van der Waals surface area contributed by atoms with Crippen molar-refractivity contribution in [3.05, 3.63) is 11.9 Å². The van der Waals surface area contributed by atoms with Gasteiger partial charge in [-0.25, -0.2) is 4.98 Å². The van der Waals surface area contributed by atoms with Crippen molar-refractivity contribution < 1.29 is 9.90 Å². The van der Waals surface area contributed by atoms with Crippen molar-refractivity contribution in [2.75, 3.05) is 12.0 Å². The highest BCUT2D eigenvalue weighted by molar-refractivity contribution is 8.00. The minimum Gasteiger partial charge on any atom is -0.481 e. The fourth-order valence-electron chi connectivity index (χ4n) is 2.64. The molecule has 0 radical (unpaired) electrons. The smallest absolute Gasteiger partial charge is 0.313 e. The van der Waals surface area contributed by atoms with Gasteiger partial charge in [-0.2, -0.15) is 11.8 Å². The monoisotopic (exact) mass is 300 g/mol. The average molecular weight is 300 g/mol. The SMILES string of the molecule is CSC1(Cn2cc(C)nc2SCC(=O)O)CCCC1. The molecular formula is C13H20N2O2S2. The zero-order valence-corrected chi connectivity index (χ0v) is 13.0. The van der Waals surface area contributed by atoms with E-state index in [2.05, 4.69) is 15.8 Å². The van der Waals surface area contributed by atoms with Crippen LogP contribution in [0.25, 0.3) is 0 Å². The number of aliphatic carboxylic acids is 1. The number of thioether (sulfide) groups is 2. The van der Waals surface area contributed by atoms with Crippen LogP contribution in [0, 0.1) is 6.92 Å². The van der Waals surface area contributed by atoms with E-state index in [9.17, 15) is 4.79 Å². The summed E-state index contributed by atoms with van der Waals surface area (Å²) in [5.41, 5.74) is 0.960. The van der Waals surface area contributed by atoms with Crippen LogP contribution in [0.2, 0.25) is 0 Å². The first-order valence-corrected chi connectivity index (χ1v) is 8.69. The molecule has 1 fully saturated rings. The van der Waals surface area contributed by atoms with Crippen molar-refractivity contribution in [3.63, 3.8) is 0 Å². The number of imidazole rings is 1. The molecule has 4 nitrogen and oxygen atoms in total. The van der Waals surface area contributed by atoms with Crippen molar-refractivity contribution in [2.24, 2.45) is 0 Å². The molecule has 2 rings (SSSR count). The molecule has 1 aliphatic carbocycles. The van der Waals surface area contributed by atoms with Crippen LogP contribution in [-0.2, 0) is 11.3 Å². The van der Waals surface area contributed by atoms with E-state index < -0.39 is 5.97 Å². The second-order valence-electron chi connectivity index (χ2n) is 5.07. The van der Waals surface area contributed by atoms with Gasteiger partial charge < -0.3 is 9.67 Å². The van der Waals surface area contributed by atoms with E-state index in [4.69, 9.17) is 5.11 Å². The minimum absolute atomic E-state index is 0.0721. The molecule has 1 aromatic heterocycles. The highest BCUT2D eigenvalue weighted by Crippen LogP contribution is 2.42. The number of carboxylic acid groups (broad SMARTS) is 1. The van der Waals surface area contributed by atoms with Crippen molar-refractivity contribution in [1.82, 2.24) is 9.55 Å². The maximum atomic E-state index is 10.7. The Balaban J connectivity index is 2.12. The number of hydrogen-bond donors (Lipinski definition) is 1. The van der Waals surface area contributed by atoms with E-state index in [1.807, 2.05) is 24.9 Å². The van der Waals surface area contributed by atoms with Crippen LogP contribution in [-0.4, -0.2) is 37.4 Å². The predicted molar refractivity (Wildman–Crippen MR) is 80.0 cm³/mol. The van der Waals surface area contributed by atoms with Crippen LogP contribution in [0.3, 0.4) is 0 Å². The molecule has 0 saturated heterocycles. The molecule has 0 aromatic carbocycles. The van der Waals surface area contributed by atoms with Gasteiger partial charge in [-0.05, 0) is 26.0 Å². The van der Waals surface area contributed by atoms with Gasteiger partial charge in [0.05, 0.1) is 11.4 Å². The highest BCUT2D eigenvalue weighted by atomic mass is 32.2. The standard InChI is InChI=1S/C13H20N2O2S2/c1-10-7-15(12(14-10)19-8-11(16)17)9-13(18-2)5-3-4-6-13/h7H,3-6,8-9H2,1-2H3,(H,16,17). The van der Waals surface area contributed by atoms with Crippen LogP contribution >= 0.6 is 23.5 Å². The number of aryl methyl sites for hydroxylation is 1. The zero-order chi connectivity index (χ0) is 13.9. The first-order chi connectivity index (χ1) is 9.04. The van der Waals surface area contributed by atoms with E-state index >= 15 is 0 Å². The van der Waals surface area contributed by atoms with Crippen LogP contribution in [0.15, 0.2) is 11.4 Å². The summed E-state index contributed by atoms with van der Waals surface area (Å²) in [6.45, 7) is 2.90. The molecule has 19 heavy (non-hydrogen) atoms. The summed E-state index contributed by atoms with van der Waals surface area (Å²) in [6.07, 6.45) is 9.31. The number of nitrogens with zero attached hydrogens (tertiary/aromatic N) is 2. The Labute approximate surface area is 122 Å². The van der Waals surface area contributed by atoms with E-state index in [1.165, 1.54) is 37.4 Å². The fourth-order valence-corrected chi connectivity index (χ4v) is 4.35. The zero-order valence-electron chi connectivity index (χ0n) is 11.4. The summed E-state index contributed by atoms with van der Waals surface area (Å²) in [5.74, 6) is -0.722. The second-order valence-corrected chi connectivity index (χ2v) is 7.29. The van der Waals surface area contributed by atoms with Crippen molar-refractivity contribution >= 4 is 29.5 Å². The Bertz CT molecular complexity index is 453. The van der Waals surface area contributed by atoms with E-state index in [-0.39, 0.29) is 5.75 Å². The van der Waals surface area contributed by atoms with Gasteiger partial charge >= 0.3 is 5.97 Å². The van der Waals surface area contributed by atoms with E-state index in [0.29, 0.717) is 4.75 Å². The molecule has 106 valence electrons. The molecular weight excluding hydrogens is 280 g/mol. The first kappa shape index (κ1) is 14.8. The van der Waals surface area contributed by atoms with Gasteiger partial charge in [0.2, 0.25) is 0 Å². The molecule has 1 aromatic rings. The van der Waals surface area contributed by atoms with Gasteiger partial charge in [0, 0.05) is 17.5 Å². The van der Waals surface area contributed by atoms with Crippen molar-refractivity contribution in [1.29, 1.82) is 0 Å². The highest BCUT2D eigenvalue weighted by Gasteiger charge is 2.34. The quantitative estimate of drug-likeness (QED) is 0.818. The molecule has 0 unspecified atom stereocenters. The lowest BCUT2D eigenvalue weighted by molar-refractivity contribution is -0.133. The maximum Gasteiger partial charge on any atom is 0.313 e. The summed E-state index contributed by atoms with van der Waals surface area (Å²) in [5, 5.41) is 9.63. The van der Waals surface area contributed by atoms with Crippen molar-refractivity contribution in [2.45, 2.75) is 49.1 Å².